The Labute approximate surface area is 167 Å². The van der Waals surface area contributed by atoms with E-state index >= 15 is 0 Å². The first kappa shape index (κ1) is 20.3. The van der Waals surface area contributed by atoms with E-state index in [2.05, 4.69) is 27.1 Å². The summed E-state index contributed by atoms with van der Waals surface area (Å²) in [7, 11) is 1.58. The molecule has 28 heavy (non-hydrogen) atoms. The van der Waals surface area contributed by atoms with Gasteiger partial charge >= 0.3 is 0 Å². The minimum absolute atomic E-state index is 0.0106. The van der Waals surface area contributed by atoms with Gasteiger partial charge < -0.3 is 15.0 Å². The van der Waals surface area contributed by atoms with Crippen LogP contribution in [-0.4, -0.2) is 53.6 Å². The average Bonchev–Trinajstić information content (AvgIpc) is 3.22. The van der Waals surface area contributed by atoms with Gasteiger partial charge in [-0.05, 0) is 39.3 Å². The van der Waals surface area contributed by atoms with Gasteiger partial charge in [-0.1, -0.05) is 37.3 Å². The summed E-state index contributed by atoms with van der Waals surface area (Å²) in [6, 6.07) is 9.95. The largest absolute Gasteiger partial charge is 0.481 e. The molecule has 1 atom stereocenters. The van der Waals surface area contributed by atoms with E-state index in [1.54, 1.807) is 7.11 Å². The van der Waals surface area contributed by atoms with Crippen LogP contribution in [0, 0.1) is 6.92 Å². The van der Waals surface area contributed by atoms with Crippen LogP contribution in [0.5, 0.6) is 5.88 Å². The Morgan fingerprint density at radius 3 is 2.57 bits per heavy atom. The van der Waals surface area contributed by atoms with Crippen LogP contribution in [0.25, 0.3) is 11.4 Å². The summed E-state index contributed by atoms with van der Waals surface area (Å²) in [6.45, 7) is 7.20. The monoisotopic (exact) mass is 382 g/mol. The number of nitrogens with one attached hydrogen (secondary N) is 1. The fourth-order valence-corrected chi connectivity index (χ4v) is 3.65. The van der Waals surface area contributed by atoms with E-state index in [4.69, 9.17) is 4.74 Å². The normalized spacial score (nSPS) is 15.4. The molecule has 1 unspecified atom stereocenters. The highest BCUT2D eigenvalue weighted by Crippen LogP contribution is 2.24. The SMILES string of the molecule is CCC(CN1CCCC1)NC(=O)Cc1c(C)nc(-c2ccccc2)nc1OC. The fourth-order valence-electron chi connectivity index (χ4n) is 3.65. The number of aromatic nitrogens is 2. The Bertz CT molecular complexity index is 789. The number of carbonyl (C=O) groups excluding carboxylic acids is 1. The first-order valence-corrected chi connectivity index (χ1v) is 10.1. The molecule has 1 aromatic heterocycles. The number of ether oxygens (including phenoxy) is 1. The molecule has 2 aromatic rings. The number of benzene rings is 1. The molecule has 1 aromatic carbocycles. The van der Waals surface area contributed by atoms with Gasteiger partial charge in [-0.25, -0.2) is 4.98 Å². The van der Waals surface area contributed by atoms with Gasteiger partial charge in [0.05, 0.1) is 13.5 Å². The lowest BCUT2D eigenvalue weighted by Crippen LogP contribution is -2.43. The van der Waals surface area contributed by atoms with E-state index in [-0.39, 0.29) is 18.4 Å². The molecule has 0 aliphatic carbocycles. The third-order valence-corrected chi connectivity index (χ3v) is 5.27. The maximum absolute atomic E-state index is 12.7. The van der Waals surface area contributed by atoms with Crippen LogP contribution < -0.4 is 10.1 Å². The van der Waals surface area contributed by atoms with Crippen LogP contribution in [0.15, 0.2) is 30.3 Å². The highest BCUT2D eigenvalue weighted by molar-refractivity contribution is 5.80. The van der Waals surface area contributed by atoms with Crippen molar-refractivity contribution in [2.45, 2.75) is 45.6 Å². The Morgan fingerprint density at radius 2 is 1.93 bits per heavy atom. The summed E-state index contributed by atoms with van der Waals surface area (Å²) in [5.74, 6) is 1.07. The molecule has 0 saturated carbocycles. The van der Waals surface area contributed by atoms with Gasteiger partial charge in [0.1, 0.15) is 0 Å². The highest BCUT2D eigenvalue weighted by Gasteiger charge is 2.21. The van der Waals surface area contributed by atoms with Crippen molar-refractivity contribution in [3.05, 3.63) is 41.6 Å². The lowest BCUT2D eigenvalue weighted by Gasteiger charge is -2.23. The van der Waals surface area contributed by atoms with E-state index < -0.39 is 0 Å². The number of rotatable bonds is 8. The molecular formula is C22H30N4O2. The van der Waals surface area contributed by atoms with Gasteiger partial charge in [-0.3, -0.25) is 4.79 Å². The number of aryl methyl sites for hydroxylation is 1. The zero-order valence-corrected chi connectivity index (χ0v) is 17.1. The lowest BCUT2D eigenvalue weighted by molar-refractivity contribution is -0.121. The Morgan fingerprint density at radius 1 is 1.21 bits per heavy atom. The maximum atomic E-state index is 12.7. The summed E-state index contributed by atoms with van der Waals surface area (Å²) in [6.07, 6.45) is 3.65. The highest BCUT2D eigenvalue weighted by atomic mass is 16.5. The Hall–Kier alpha value is -2.47. The topological polar surface area (TPSA) is 67.4 Å². The zero-order valence-electron chi connectivity index (χ0n) is 17.1. The first-order valence-electron chi connectivity index (χ1n) is 10.1. The number of nitrogens with zero attached hydrogens (tertiary/aromatic N) is 3. The van der Waals surface area contributed by atoms with Crippen molar-refractivity contribution in [3.8, 4) is 17.3 Å². The molecule has 6 nitrogen and oxygen atoms in total. The van der Waals surface area contributed by atoms with Gasteiger partial charge in [-0.2, -0.15) is 4.98 Å². The second-order valence-corrected chi connectivity index (χ2v) is 7.34. The van der Waals surface area contributed by atoms with E-state index in [1.807, 2.05) is 37.3 Å². The van der Waals surface area contributed by atoms with Crippen molar-refractivity contribution in [3.63, 3.8) is 0 Å². The second-order valence-electron chi connectivity index (χ2n) is 7.34. The predicted molar refractivity (Wildman–Crippen MR) is 110 cm³/mol. The number of likely N-dealkylation sites (tertiary alicyclic amines) is 1. The van der Waals surface area contributed by atoms with Crippen LogP contribution >= 0.6 is 0 Å². The van der Waals surface area contributed by atoms with Gasteiger partial charge in [0, 0.05) is 29.4 Å². The summed E-state index contributed by atoms with van der Waals surface area (Å²) in [4.78, 5) is 24.3. The van der Waals surface area contributed by atoms with Crippen molar-refractivity contribution in [1.29, 1.82) is 0 Å². The second kappa shape index (κ2) is 9.64. The molecule has 1 fully saturated rings. The number of methoxy groups -OCH3 is 1. The van der Waals surface area contributed by atoms with Crippen molar-refractivity contribution in [2.24, 2.45) is 0 Å². The van der Waals surface area contributed by atoms with Crippen LogP contribution in [-0.2, 0) is 11.2 Å². The minimum Gasteiger partial charge on any atom is -0.481 e. The summed E-state index contributed by atoms with van der Waals surface area (Å²) in [5, 5.41) is 3.18. The molecule has 1 amide bonds. The number of carbonyl (C=O) groups is 1. The quantitative estimate of drug-likeness (QED) is 0.760. The molecule has 1 aliphatic heterocycles. The van der Waals surface area contributed by atoms with Gasteiger partial charge in [0.15, 0.2) is 5.82 Å². The molecule has 1 saturated heterocycles. The standard InChI is InChI=1S/C22H30N4O2/c1-4-18(15-26-12-8-9-13-26)24-20(27)14-19-16(2)23-21(25-22(19)28-3)17-10-6-5-7-11-17/h5-7,10-11,18H,4,8-9,12-15H2,1-3H3,(H,24,27). The fraction of sp³-hybridized carbons (Fsp3) is 0.500. The van der Waals surface area contributed by atoms with E-state index in [0.29, 0.717) is 11.7 Å². The lowest BCUT2D eigenvalue weighted by atomic mass is 10.1. The zero-order chi connectivity index (χ0) is 19.9. The number of amides is 1. The molecule has 0 radical (unpaired) electrons. The van der Waals surface area contributed by atoms with Crippen molar-refractivity contribution in [1.82, 2.24) is 20.2 Å². The number of hydrogen-bond acceptors (Lipinski definition) is 5. The molecule has 6 heteroatoms. The molecule has 3 rings (SSSR count). The number of hydrogen-bond donors (Lipinski definition) is 1. The molecule has 150 valence electrons. The Balaban J connectivity index is 1.71. The summed E-state index contributed by atoms with van der Waals surface area (Å²) in [5.41, 5.74) is 2.45. The molecule has 1 aliphatic rings. The van der Waals surface area contributed by atoms with Crippen LogP contribution in [0.1, 0.15) is 37.4 Å². The average molecular weight is 383 g/mol. The molecule has 0 spiro atoms. The van der Waals surface area contributed by atoms with E-state index in [1.165, 1.54) is 12.8 Å². The molecule has 0 bridgehead atoms. The van der Waals surface area contributed by atoms with Crippen LogP contribution in [0.2, 0.25) is 0 Å². The van der Waals surface area contributed by atoms with Gasteiger partial charge in [-0.15, -0.1) is 0 Å². The van der Waals surface area contributed by atoms with Crippen molar-refractivity contribution in [2.75, 3.05) is 26.7 Å². The van der Waals surface area contributed by atoms with Crippen LogP contribution in [0.4, 0.5) is 0 Å². The summed E-state index contributed by atoms with van der Waals surface area (Å²) >= 11 is 0. The van der Waals surface area contributed by atoms with Crippen molar-refractivity contribution >= 4 is 5.91 Å². The smallest absolute Gasteiger partial charge is 0.224 e. The molecule has 1 N–H and O–H groups in total. The van der Waals surface area contributed by atoms with Crippen molar-refractivity contribution < 1.29 is 9.53 Å². The van der Waals surface area contributed by atoms with Crippen LogP contribution in [0.3, 0.4) is 0 Å². The third kappa shape index (κ3) is 5.07. The van der Waals surface area contributed by atoms with E-state index in [9.17, 15) is 4.79 Å². The van der Waals surface area contributed by atoms with Gasteiger partial charge in [0.25, 0.3) is 0 Å². The minimum atomic E-state index is -0.0106. The summed E-state index contributed by atoms with van der Waals surface area (Å²) < 4.78 is 5.49. The predicted octanol–water partition coefficient (Wildman–Crippen LogP) is 2.99. The molecule has 2 heterocycles. The first-order chi connectivity index (χ1) is 13.6. The van der Waals surface area contributed by atoms with E-state index in [0.717, 1.165) is 42.9 Å². The Kier molecular flexibility index (Phi) is 6.98. The maximum Gasteiger partial charge on any atom is 0.224 e. The van der Waals surface area contributed by atoms with Gasteiger partial charge in [0.2, 0.25) is 11.8 Å². The molecular weight excluding hydrogens is 352 g/mol. The third-order valence-electron chi connectivity index (χ3n) is 5.27.